The topological polar surface area (TPSA) is 84.8 Å². The van der Waals surface area contributed by atoms with Gasteiger partial charge in [0.2, 0.25) is 11.5 Å². The molecule has 1 atom stereocenters. The van der Waals surface area contributed by atoms with E-state index in [1.807, 2.05) is 23.6 Å². The molecule has 8 heteroatoms. The van der Waals surface area contributed by atoms with Gasteiger partial charge in [-0.05, 0) is 42.3 Å². The summed E-state index contributed by atoms with van der Waals surface area (Å²) in [5.74, 6) is 0.979. The lowest BCUT2D eigenvalue weighted by molar-refractivity contribution is 0.0670. The molecular formula is C21H18FN5O2. The molecule has 146 valence electrons. The van der Waals surface area contributed by atoms with Crippen LogP contribution in [-0.4, -0.2) is 26.4 Å². The Balaban J connectivity index is 1.60. The maximum absolute atomic E-state index is 13.4. The summed E-state index contributed by atoms with van der Waals surface area (Å²) in [6.45, 7) is 2.78. The molecule has 7 nitrogen and oxygen atoms in total. The molecule has 0 bridgehead atoms. The first-order valence-corrected chi connectivity index (χ1v) is 9.27. The van der Waals surface area contributed by atoms with Crippen LogP contribution in [0.5, 0.6) is 0 Å². The van der Waals surface area contributed by atoms with E-state index in [4.69, 9.17) is 4.74 Å². The zero-order valence-corrected chi connectivity index (χ0v) is 15.6. The van der Waals surface area contributed by atoms with Crippen molar-refractivity contribution < 1.29 is 9.13 Å². The Labute approximate surface area is 165 Å². The smallest absolute Gasteiger partial charge is 0.248 e. The maximum atomic E-state index is 13.4. The van der Waals surface area contributed by atoms with Crippen LogP contribution in [0.15, 0.2) is 53.3 Å². The molecule has 1 aliphatic heterocycles. The van der Waals surface area contributed by atoms with Gasteiger partial charge in [-0.1, -0.05) is 18.2 Å². The summed E-state index contributed by atoms with van der Waals surface area (Å²) in [6.07, 6.45) is 0. The molecule has 2 aromatic heterocycles. The number of H-pyrrole nitrogens is 1. The molecule has 29 heavy (non-hydrogen) atoms. The van der Waals surface area contributed by atoms with E-state index in [0.717, 1.165) is 27.7 Å². The average Bonchev–Trinajstić information content (AvgIpc) is 3.14. The fraction of sp³-hybridized carbons (Fsp3) is 0.190. The van der Waals surface area contributed by atoms with Crippen LogP contribution in [0.1, 0.15) is 23.0 Å². The summed E-state index contributed by atoms with van der Waals surface area (Å²) in [5.41, 5.74) is 3.35. The number of hydrogen-bond acceptors (Lipinski definition) is 5. The fourth-order valence-corrected chi connectivity index (χ4v) is 3.72. The highest BCUT2D eigenvalue weighted by Gasteiger charge is 2.27. The van der Waals surface area contributed by atoms with Crippen molar-refractivity contribution in [2.24, 2.45) is 0 Å². The summed E-state index contributed by atoms with van der Waals surface area (Å²) in [5, 5.41) is 12.9. The van der Waals surface area contributed by atoms with Gasteiger partial charge in [-0.2, -0.15) is 0 Å². The van der Waals surface area contributed by atoms with Crippen LogP contribution >= 0.6 is 0 Å². The zero-order valence-electron chi connectivity index (χ0n) is 15.6. The molecule has 0 aliphatic carbocycles. The second kappa shape index (κ2) is 6.82. The summed E-state index contributed by atoms with van der Waals surface area (Å²) in [7, 11) is 0. The van der Waals surface area contributed by atoms with Crippen LogP contribution in [0.2, 0.25) is 0 Å². The third-order valence-electron chi connectivity index (χ3n) is 5.19. The van der Waals surface area contributed by atoms with Crippen molar-refractivity contribution in [1.29, 1.82) is 0 Å². The molecule has 3 heterocycles. The standard InChI is InChI=1S/C21H18FN5O2/c1-12-2-8-16-15(7-9-19(28)23-16)20(12)24-21-26-25-18-11-29-10-17(27(18)21)13-3-5-14(22)6-4-13/h2-9,17H,10-11H2,1H3,(H,23,28)(H,24,26). The third kappa shape index (κ3) is 3.07. The van der Waals surface area contributed by atoms with Gasteiger partial charge in [0.05, 0.1) is 23.9 Å². The Bertz CT molecular complexity index is 1260. The average molecular weight is 391 g/mol. The van der Waals surface area contributed by atoms with E-state index in [1.54, 1.807) is 18.2 Å². The fourth-order valence-electron chi connectivity index (χ4n) is 3.72. The Morgan fingerprint density at radius 3 is 2.79 bits per heavy atom. The van der Waals surface area contributed by atoms with Gasteiger partial charge in [-0.3, -0.25) is 9.36 Å². The van der Waals surface area contributed by atoms with Gasteiger partial charge in [0.15, 0.2) is 5.82 Å². The normalized spacial score (nSPS) is 16.0. The van der Waals surface area contributed by atoms with Crippen molar-refractivity contribution in [2.45, 2.75) is 19.6 Å². The van der Waals surface area contributed by atoms with Crippen LogP contribution in [0.25, 0.3) is 10.9 Å². The largest absolute Gasteiger partial charge is 0.371 e. The first kappa shape index (κ1) is 17.6. The number of rotatable bonds is 3. The van der Waals surface area contributed by atoms with Gasteiger partial charge in [-0.15, -0.1) is 10.2 Å². The number of ether oxygens (including phenoxy) is 1. The van der Waals surface area contributed by atoms with Gasteiger partial charge < -0.3 is 15.0 Å². The molecule has 5 rings (SSSR count). The lowest BCUT2D eigenvalue weighted by Crippen LogP contribution is -2.25. The van der Waals surface area contributed by atoms with E-state index in [9.17, 15) is 9.18 Å². The summed E-state index contributed by atoms with van der Waals surface area (Å²) in [6, 6.07) is 13.3. The molecule has 1 aliphatic rings. The lowest BCUT2D eigenvalue weighted by atomic mass is 10.1. The molecule has 0 saturated heterocycles. The molecule has 0 radical (unpaired) electrons. The van der Waals surface area contributed by atoms with Crippen LogP contribution < -0.4 is 10.9 Å². The van der Waals surface area contributed by atoms with Crippen molar-refractivity contribution in [1.82, 2.24) is 19.7 Å². The van der Waals surface area contributed by atoms with Gasteiger partial charge >= 0.3 is 0 Å². The highest BCUT2D eigenvalue weighted by Crippen LogP contribution is 2.32. The van der Waals surface area contributed by atoms with E-state index in [-0.39, 0.29) is 17.4 Å². The highest BCUT2D eigenvalue weighted by molar-refractivity contribution is 5.94. The monoisotopic (exact) mass is 391 g/mol. The first-order chi connectivity index (χ1) is 14.1. The van der Waals surface area contributed by atoms with E-state index < -0.39 is 0 Å². The third-order valence-corrected chi connectivity index (χ3v) is 5.19. The predicted molar refractivity (Wildman–Crippen MR) is 107 cm³/mol. The van der Waals surface area contributed by atoms with Crippen molar-refractivity contribution >= 4 is 22.5 Å². The first-order valence-electron chi connectivity index (χ1n) is 9.27. The van der Waals surface area contributed by atoms with E-state index >= 15 is 0 Å². The number of aryl methyl sites for hydroxylation is 1. The molecule has 0 fully saturated rings. The quantitative estimate of drug-likeness (QED) is 0.559. The van der Waals surface area contributed by atoms with Gasteiger partial charge in [0.1, 0.15) is 12.4 Å². The molecule has 1 unspecified atom stereocenters. The molecule has 0 saturated carbocycles. The van der Waals surface area contributed by atoms with Crippen LogP contribution in [0, 0.1) is 12.7 Å². The van der Waals surface area contributed by atoms with Gasteiger partial charge in [0, 0.05) is 11.5 Å². The summed E-state index contributed by atoms with van der Waals surface area (Å²) < 4.78 is 21.0. The molecule has 2 aromatic carbocycles. The Morgan fingerprint density at radius 1 is 1.14 bits per heavy atom. The Kier molecular flexibility index (Phi) is 4.13. The minimum Gasteiger partial charge on any atom is -0.371 e. The molecule has 2 N–H and O–H groups in total. The van der Waals surface area contributed by atoms with Crippen molar-refractivity contribution in [3.05, 3.63) is 81.7 Å². The lowest BCUT2D eigenvalue weighted by Gasteiger charge is -2.27. The van der Waals surface area contributed by atoms with Crippen LogP contribution in [-0.2, 0) is 11.3 Å². The number of benzene rings is 2. The van der Waals surface area contributed by atoms with Gasteiger partial charge in [-0.25, -0.2) is 4.39 Å². The SMILES string of the molecule is Cc1ccc2[nH]c(=O)ccc2c1Nc1nnc2n1C(c1ccc(F)cc1)COC2. The predicted octanol–water partition coefficient (Wildman–Crippen LogP) is 3.43. The number of fused-ring (bicyclic) bond motifs is 2. The molecular weight excluding hydrogens is 373 g/mol. The molecule has 4 aromatic rings. The number of nitrogens with one attached hydrogen (secondary N) is 2. The number of nitrogens with zero attached hydrogens (tertiary/aromatic N) is 3. The zero-order chi connectivity index (χ0) is 20.0. The minimum absolute atomic E-state index is 0.152. The molecule has 0 spiro atoms. The van der Waals surface area contributed by atoms with Crippen molar-refractivity contribution in [3.63, 3.8) is 0 Å². The number of aromatic amines is 1. The number of halogens is 1. The summed E-state index contributed by atoms with van der Waals surface area (Å²) >= 11 is 0. The van der Waals surface area contributed by atoms with Gasteiger partial charge in [0.25, 0.3) is 0 Å². The van der Waals surface area contributed by atoms with E-state index in [0.29, 0.717) is 25.0 Å². The van der Waals surface area contributed by atoms with E-state index in [1.165, 1.54) is 18.2 Å². The maximum Gasteiger partial charge on any atom is 0.248 e. The number of anilines is 2. The van der Waals surface area contributed by atoms with Crippen LogP contribution in [0.4, 0.5) is 16.0 Å². The van der Waals surface area contributed by atoms with Crippen molar-refractivity contribution in [3.8, 4) is 0 Å². The Morgan fingerprint density at radius 2 is 1.97 bits per heavy atom. The Hall–Kier alpha value is -3.52. The number of hydrogen-bond donors (Lipinski definition) is 2. The van der Waals surface area contributed by atoms with Crippen molar-refractivity contribution in [2.75, 3.05) is 11.9 Å². The number of aromatic nitrogens is 4. The second-order valence-electron chi connectivity index (χ2n) is 7.06. The second-order valence-corrected chi connectivity index (χ2v) is 7.06. The number of pyridine rings is 1. The molecule has 0 amide bonds. The minimum atomic E-state index is -0.284. The van der Waals surface area contributed by atoms with E-state index in [2.05, 4.69) is 20.5 Å². The van der Waals surface area contributed by atoms with Crippen LogP contribution in [0.3, 0.4) is 0 Å². The highest BCUT2D eigenvalue weighted by atomic mass is 19.1. The summed E-state index contributed by atoms with van der Waals surface area (Å²) in [4.78, 5) is 14.5.